The molecule has 0 spiro atoms. The Bertz CT molecular complexity index is 728. The van der Waals surface area contributed by atoms with Gasteiger partial charge in [-0.25, -0.2) is 0 Å². The lowest BCUT2D eigenvalue weighted by Crippen LogP contribution is -2.59. The quantitative estimate of drug-likeness (QED) is 0.335. The van der Waals surface area contributed by atoms with E-state index in [1.807, 2.05) is 6.26 Å². The Morgan fingerprint density at radius 3 is 2.39 bits per heavy atom. The number of nitrogens with two attached hydrogens (primary N) is 1. The number of primary amides is 1. The van der Waals surface area contributed by atoms with Gasteiger partial charge in [-0.2, -0.15) is 11.8 Å². The van der Waals surface area contributed by atoms with Crippen molar-refractivity contribution in [2.45, 2.75) is 82.3 Å². The molecule has 5 N–H and O–H groups in total. The second-order valence-corrected chi connectivity index (χ2v) is 9.79. The molecule has 3 atom stereocenters. The van der Waals surface area contributed by atoms with Crippen molar-refractivity contribution in [3.05, 3.63) is 0 Å². The average molecular weight is 485 g/mol. The number of hydrogen-bond acceptors (Lipinski definition) is 6. The molecule has 0 bridgehead atoms. The average Bonchev–Trinajstić information content (AvgIpc) is 2.77. The van der Waals surface area contributed by atoms with Gasteiger partial charge in [-0.15, -0.1) is 0 Å². The molecule has 1 saturated heterocycles. The number of carboxylic acids is 1. The van der Waals surface area contributed by atoms with Crippen molar-refractivity contribution in [2.24, 2.45) is 11.7 Å². The van der Waals surface area contributed by atoms with Gasteiger partial charge in [0, 0.05) is 19.0 Å². The highest BCUT2D eigenvalue weighted by molar-refractivity contribution is 7.99. The third-order valence-electron chi connectivity index (χ3n) is 6.37. The Kier molecular flexibility index (Phi) is 11.0. The van der Waals surface area contributed by atoms with E-state index in [0.717, 1.165) is 25.7 Å². The van der Waals surface area contributed by atoms with Crippen molar-refractivity contribution in [1.29, 1.82) is 0 Å². The molecule has 0 aromatic rings. The van der Waals surface area contributed by atoms with Gasteiger partial charge in [0.1, 0.15) is 12.1 Å². The first kappa shape index (κ1) is 26.9. The zero-order chi connectivity index (χ0) is 24.4. The van der Waals surface area contributed by atoms with Crippen LogP contribution in [0.3, 0.4) is 0 Å². The van der Waals surface area contributed by atoms with Crippen LogP contribution >= 0.6 is 11.8 Å². The fourth-order valence-corrected chi connectivity index (χ4v) is 5.02. The van der Waals surface area contributed by atoms with Crippen LogP contribution in [0.15, 0.2) is 0 Å². The summed E-state index contributed by atoms with van der Waals surface area (Å²) >= 11 is 1.39. The van der Waals surface area contributed by atoms with Gasteiger partial charge in [-0.05, 0) is 31.4 Å². The van der Waals surface area contributed by atoms with E-state index < -0.39 is 35.8 Å². The number of hydrogen-bond donors (Lipinski definition) is 4. The summed E-state index contributed by atoms with van der Waals surface area (Å²) in [5.74, 6) is -2.18. The van der Waals surface area contributed by atoms with Crippen LogP contribution in [0, 0.1) is 5.92 Å². The molecule has 2 aliphatic rings. The number of likely N-dealkylation sites (tertiary alicyclic amines) is 1. The summed E-state index contributed by atoms with van der Waals surface area (Å²) in [6, 6.07) is -2.04. The second kappa shape index (κ2) is 13.4. The zero-order valence-corrected chi connectivity index (χ0v) is 20.0. The zero-order valence-electron chi connectivity index (χ0n) is 19.2. The number of carbonyl (C=O) groups is 5. The first-order valence-corrected chi connectivity index (χ1v) is 13.0. The number of aliphatic carboxylic acids is 1. The highest BCUT2D eigenvalue weighted by Crippen LogP contribution is 2.27. The number of carbonyl (C=O) groups excluding carboxylic acids is 4. The summed E-state index contributed by atoms with van der Waals surface area (Å²) in [5.41, 5.74) is 5.57. The summed E-state index contributed by atoms with van der Waals surface area (Å²) in [7, 11) is 0. The lowest BCUT2D eigenvalue weighted by atomic mass is 9.84. The minimum Gasteiger partial charge on any atom is -0.481 e. The highest BCUT2D eigenvalue weighted by Gasteiger charge is 2.38. The van der Waals surface area contributed by atoms with Crippen molar-refractivity contribution >= 4 is 41.4 Å². The largest absolute Gasteiger partial charge is 0.481 e. The summed E-state index contributed by atoms with van der Waals surface area (Å²) in [4.78, 5) is 62.3. The molecule has 0 radical (unpaired) electrons. The minimum absolute atomic E-state index is 0.148. The van der Waals surface area contributed by atoms with Crippen LogP contribution in [0.1, 0.15) is 64.2 Å². The molecule has 1 aliphatic carbocycles. The SMILES string of the molecule is CSCC(=O)NC1CCN(C(=O)CCC(=O)O)C(C(=O)NC(CC2CCCCC2)C(N)=O)C1. The van der Waals surface area contributed by atoms with E-state index in [-0.39, 0.29) is 37.8 Å². The van der Waals surface area contributed by atoms with Gasteiger partial charge in [-0.1, -0.05) is 32.1 Å². The van der Waals surface area contributed by atoms with Crippen LogP contribution in [0.5, 0.6) is 0 Å². The molecule has 33 heavy (non-hydrogen) atoms. The number of amides is 4. The lowest BCUT2D eigenvalue weighted by molar-refractivity contribution is -0.146. The van der Waals surface area contributed by atoms with E-state index in [2.05, 4.69) is 10.6 Å². The maximum atomic E-state index is 13.2. The number of thioether (sulfide) groups is 1. The van der Waals surface area contributed by atoms with Crippen molar-refractivity contribution in [3.63, 3.8) is 0 Å². The summed E-state index contributed by atoms with van der Waals surface area (Å²) in [5, 5.41) is 14.5. The number of nitrogens with zero attached hydrogens (tertiary/aromatic N) is 1. The van der Waals surface area contributed by atoms with Gasteiger partial charge < -0.3 is 26.4 Å². The summed E-state index contributed by atoms with van der Waals surface area (Å²) in [6.45, 7) is 0.213. The van der Waals surface area contributed by atoms with Crippen LogP contribution in [0.4, 0.5) is 0 Å². The molecule has 1 aliphatic heterocycles. The molecule has 186 valence electrons. The van der Waals surface area contributed by atoms with Crippen molar-refractivity contribution in [1.82, 2.24) is 15.5 Å². The molecule has 3 unspecified atom stereocenters. The number of nitrogens with one attached hydrogen (secondary N) is 2. The highest BCUT2D eigenvalue weighted by atomic mass is 32.2. The third kappa shape index (κ3) is 8.87. The van der Waals surface area contributed by atoms with Crippen LogP contribution in [0.2, 0.25) is 0 Å². The van der Waals surface area contributed by atoms with E-state index in [4.69, 9.17) is 10.8 Å². The number of piperidine rings is 1. The van der Waals surface area contributed by atoms with Gasteiger partial charge in [0.15, 0.2) is 0 Å². The Hall–Kier alpha value is -2.30. The van der Waals surface area contributed by atoms with Crippen LogP contribution in [0.25, 0.3) is 0 Å². The van der Waals surface area contributed by atoms with Gasteiger partial charge in [0.2, 0.25) is 23.6 Å². The fourth-order valence-electron chi connectivity index (χ4n) is 4.67. The van der Waals surface area contributed by atoms with Crippen molar-refractivity contribution in [2.75, 3.05) is 18.6 Å². The fraction of sp³-hybridized carbons (Fsp3) is 0.773. The monoisotopic (exact) mass is 484 g/mol. The number of rotatable bonds is 11. The Morgan fingerprint density at radius 1 is 1.09 bits per heavy atom. The lowest BCUT2D eigenvalue weighted by Gasteiger charge is -2.39. The summed E-state index contributed by atoms with van der Waals surface area (Å²) in [6.07, 6.45) is 7.73. The first-order valence-electron chi connectivity index (χ1n) is 11.6. The molecule has 11 heteroatoms. The second-order valence-electron chi connectivity index (χ2n) is 8.92. The predicted molar refractivity (Wildman–Crippen MR) is 124 cm³/mol. The van der Waals surface area contributed by atoms with Crippen LogP contribution in [-0.4, -0.2) is 76.3 Å². The van der Waals surface area contributed by atoms with E-state index in [9.17, 15) is 24.0 Å². The number of carboxylic acid groups (broad SMARTS) is 1. The van der Waals surface area contributed by atoms with Crippen LogP contribution < -0.4 is 16.4 Å². The van der Waals surface area contributed by atoms with E-state index in [1.54, 1.807) is 0 Å². The van der Waals surface area contributed by atoms with Crippen molar-refractivity contribution < 1.29 is 29.1 Å². The smallest absolute Gasteiger partial charge is 0.303 e. The molecule has 0 aromatic carbocycles. The molecule has 2 rings (SSSR count). The van der Waals surface area contributed by atoms with Gasteiger partial charge in [0.05, 0.1) is 12.2 Å². The van der Waals surface area contributed by atoms with E-state index in [0.29, 0.717) is 24.5 Å². The van der Waals surface area contributed by atoms with Gasteiger partial charge >= 0.3 is 5.97 Å². The Morgan fingerprint density at radius 2 is 1.79 bits per heavy atom. The molecular weight excluding hydrogens is 448 g/mol. The third-order valence-corrected chi connectivity index (χ3v) is 6.92. The first-order chi connectivity index (χ1) is 15.7. The maximum absolute atomic E-state index is 13.2. The molecule has 1 heterocycles. The van der Waals surface area contributed by atoms with Gasteiger partial charge in [-0.3, -0.25) is 24.0 Å². The Balaban J connectivity index is 2.10. The Labute approximate surface area is 198 Å². The van der Waals surface area contributed by atoms with E-state index in [1.165, 1.54) is 23.1 Å². The summed E-state index contributed by atoms with van der Waals surface area (Å²) < 4.78 is 0. The predicted octanol–water partition coefficient (Wildman–Crippen LogP) is 0.631. The minimum atomic E-state index is -1.09. The topological polar surface area (TPSA) is 159 Å². The van der Waals surface area contributed by atoms with Crippen molar-refractivity contribution in [3.8, 4) is 0 Å². The molecular formula is C22H36N4O6S. The molecule has 10 nitrogen and oxygen atoms in total. The molecule has 2 fully saturated rings. The molecule has 4 amide bonds. The normalized spacial score (nSPS) is 22.3. The molecule has 1 saturated carbocycles. The van der Waals surface area contributed by atoms with Gasteiger partial charge in [0.25, 0.3) is 0 Å². The standard InChI is InChI=1S/C22H36N4O6S/c1-33-13-18(27)24-15-9-10-26(19(28)7-8-20(29)30)17(12-15)22(32)25-16(21(23)31)11-14-5-3-2-4-6-14/h14-17H,2-13H2,1H3,(H2,23,31)(H,24,27)(H,25,32)(H,29,30). The molecule has 0 aromatic heterocycles. The van der Waals surface area contributed by atoms with Crippen LogP contribution in [-0.2, 0) is 24.0 Å². The van der Waals surface area contributed by atoms with E-state index >= 15 is 0 Å². The maximum Gasteiger partial charge on any atom is 0.303 e.